The minimum Gasteiger partial charge on any atom is -0.388 e. The van der Waals surface area contributed by atoms with E-state index in [1.807, 2.05) is 65.8 Å². The van der Waals surface area contributed by atoms with Gasteiger partial charge >= 0.3 is 0 Å². The Morgan fingerprint density at radius 2 is 0.868 bits per heavy atom. The van der Waals surface area contributed by atoms with Crippen molar-refractivity contribution in [1.82, 2.24) is 20.6 Å². The normalized spacial score (nSPS) is 11.3. The number of unbranched alkanes of at least 4 members (excludes halogenated alkanes) is 2. The van der Waals surface area contributed by atoms with Crippen LogP contribution in [0.4, 0.5) is 22.7 Å². The summed E-state index contributed by atoms with van der Waals surface area (Å²) in [4.78, 5) is 64.6. The quantitative estimate of drug-likeness (QED) is 0.0180. The second-order valence-corrected chi connectivity index (χ2v) is 20.4. The third-order valence-corrected chi connectivity index (χ3v) is 12.5. The first-order chi connectivity index (χ1) is 31.9. The summed E-state index contributed by atoms with van der Waals surface area (Å²) in [5.41, 5.74) is 24.5. The minimum absolute atomic E-state index is 0.0511. The van der Waals surface area contributed by atoms with Crippen molar-refractivity contribution in [3.05, 3.63) is 59.2 Å². The number of carbonyl (C=O) groups is 4. The highest BCUT2D eigenvalue weighted by molar-refractivity contribution is 7.99. The smallest absolute Gasteiger partial charge is 0.274 e. The SMILES string of the molecule is CC(C)(C)c1cc(NC(=O)CCCCNC(=N)N)c(SCCCC(=N)N)c(NC(=O)c2cc(C(=O)Nc3cc(C(C)(C)C)cc(NC(=O)CCCCNC(=N)N)c3SCCCC(=N)N)ncn2)c1. The molecule has 20 nitrogen and oxygen atoms in total. The van der Waals surface area contributed by atoms with E-state index in [-0.39, 0.29) is 59.6 Å². The maximum atomic E-state index is 14.2. The maximum Gasteiger partial charge on any atom is 0.274 e. The Kier molecular flexibility index (Phi) is 22.0. The molecule has 0 aliphatic rings. The fraction of sp³-hybridized carbons (Fsp3) is 0.478. The number of nitrogens with one attached hydrogen (secondary N) is 10. The molecule has 3 aromatic rings. The molecule has 1 aromatic heterocycles. The predicted molar refractivity (Wildman–Crippen MR) is 277 cm³/mol. The van der Waals surface area contributed by atoms with Gasteiger partial charge in [0.25, 0.3) is 11.8 Å². The Bertz CT molecular complexity index is 2150. The van der Waals surface area contributed by atoms with Crippen LogP contribution in [0, 0.1) is 21.6 Å². The number of nitrogens with two attached hydrogens (primary N) is 4. The second-order valence-electron chi connectivity index (χ2n) is 18.1. The molecule has 0 unspecified atom stereocenters. The van der Waals surface area contributed by atoms with Gasteiger partial charge in [0.15, 0.2) is 11.9 Å². The van der Waals surface area contributed by atoms with Crippen molar-refractivity contribution < 1.29 is 19.2 Å². The Hall–Kier alpha value is -6.42. The van der Waals surface area contributed by atoms with Crippen molar-refractivity contribution in [2.75, 3.05) is 45.9 Å². The Labute approximate surface area is 407 Å². The van der Waals surface area contributed by atoms with Gasteiger partial charge in [0, 0.05) is 44.8 Å². The van der Waals surface area contributed by atoms with Crippen molar-refractivity contribution in [2.45, 2.75) is 126 Å². The highest BCUT2D eigenvalue weighted by atomic mass is 32.2. The molecule has 0 fully saturated rings. The molecule has 3 rings (SSSR count). The monoisotopic (exact) mass is 975 g/mol. The molecule has 2 aromatic carbocycles. The molecular weight excluding hydrogens is 905 g/mol. The van der Waals surface area contributed by atoms with Crippen LogP contribution >= 0.6 is 23.5 Å². The Morgan fingerprint density at radius 3 is 1.19 bits per heavy atom. The highest BCUT2D eigenvalue weighted by Gasteiger charge is 2.25. The lowest BCUT2D eigenvalue weighted by Crippen LogP contribution is -2.31. The van der Waals surface area contributed by atoms with Gasteiger partial charge in [0.05, 0.1) is 44.2 Å². The minimum atomic E-state index is -0.633. The third-order valence-electron chi connectivity index (χ3n) is 10.1. The van der Waals surface area contributed by atoms with E-state index < -0.39 is 22.6 Å². The van der Waals surface area contributed by atoms with Gasteiger partial charge in [0.2, 0.25) is 11.8 Å². The van der Waals surface area contributed by atoms with Crippen LogP contribution < -0.4 is 54.8 Å². The molecule has 0 spiro atoms. The average Bonchev–Trinajstić information content (AvgIpc) is 3.23. The summed E-state index contributed by atoms with van der Waals surface area (Å²) >= 11 is 2.79. The van der Waals surface area contributed by atoms with Gasteiger partial charge < -0.3 is 54.8 Å². The number of benzene rings is 2. The standard InChI is InChI=1S/C46H70N16O4S2/c1-45(2,3)27-21-29(59-37(63)15-7-9-17-55-43(51)52)39(67-19-11-13-35(47)48)31(23-27)61-41(65)33-25-34(58-26-57-33)42(66)62-32-24-28(46(4,5)6)22-30(40(32)68-20-12-14-36(49)50)60-38(64)16-8-10-18-56-44(53)54/h21-26H,7-20H2,1-6H3,(H3,47,48)(H3,49,50)(H,59,63)(H,60,64)(H,61,65)(H,62,66)(H4,51,52,55)(H4,53,54,56). The van der Waals surface area contributed by atoms with Crippen molar-refractivity contribution >= 4 is 93.5 Å². The number of hydrogen-bond acceptors (Lipinski definition) is 12. The Balaban J connectivity index is 2.00. The van der Waals surface area contributed by atoms with Gasteiger partial charge in [-0.15, -0.1) is 23.5 Å². The summed E-state index contributed by atoms with van der Waals surface area (Å²) in [7, 11) is 0. The number of anilines is 4. The van der Waals surface area contributed by atoms with Gasteiger partial charge in [-0.2, -0.15) is 0 Å². The summed E-state index contributed by atoms with van der Waals surface area (Å²) < 4.78 is 0. The first kappa shape index (κ1) is 55.9. The van der Waals surface area contributed by atoms with Gasteiger partial charge in [-0.05, 0) is 96.3 Å². The van der Waals surface area contributed by atoms with Crippen molar-refractivity contribution in [3.8, 4) is 0 Å². The molecule has 0 atom stereocenters. The lowest BCUT2D eigenvalue weighted by molar-refractivity contribution is -0.117. The van der Waals surface area contributed by atoms with Crippen LogP contribution in [-0.2, 0) is 20.4 Å². The van der Waals surface area contributed by atoms with Crippen molar-refractivity contribution in [3.63, 3.8) is 0 Å². The molecule has 18 N–H and O–H groups in total. The van der Waals surface area contributed by atoms with Crippen molar-refractivity contribution in [2.24, 2.45) is 22.9 Å². The van der Waals surface area contributed by atoms with Crippen LogP contribution in [0.2, 0.25) is 0 Å². The van der Waals surface area contributed by atoms with Gasteiger partial charge in [-0.1, -0.05) is 41.5 Å². The van der Waals surface area contributed by atoms with Crippen LogP contribution in [-0.4, -0.2) is 81.8 Å². The summed E-state index contributed by atoms with van der Waals surface area (Å²) in [6.07, 6.45) is 5.76. The fourth-order valence-electron chi connectivity index (χ4n) is 6.35. The number of rotatable bonds is 26. The molecule has 0 aliphatic carbocycles. The van der Waals surface area contributed by atoms with E-state index in [2.05, 4.69) is 41.9 Å². The van der Waals surface area contributed by atoms with Gasteiger partial charge in [-0.3, -0.25) is 40.8 Å². The van der Waals surface area contributed by atoms with E-state index in [9.17, 15) is 19.2 Å². The number of thioether (sulfide) groups is 2. The molecule has 22 heteroatoms. The highest BCUT2D eigenvalue weighted by Crippen LogP contribution is 2.42. The van der Waals surface area contributed by atoms with E-state index in [1.54, 1.807) is 0 Å². The summed E-state index contributed by atoms with van der Waals surface area (Å²) in [6.45, 7) is 13.0. The molecule has 0 aliphatic heterocycles. The molecule has 68 heavy (non-hydrogen) atoms. The topological polar surface area (TPSA) is 366 Å². The molecule has 0 saturated carbocycles. The first-order valence-corrected chi connectivity index (χ1v) is 24.4. The van der Waals surface area contributed by atoms with Crippen LogP contribution in [0.25, 0.3) is 0 Å². The van der Waals surface area contributed by atoms with Crippen LogP contribution in [0.5, 0.6) is 0 Å². The number of aromatic nitrogens is 2. The maximum absolute atomic E-state index is 14.2. The third kappa shape index (κ3) is 19.8. The van der Waals surface area contributed by atoms with Crippen LogP contribution in [0.15, 0.2) is 46.5 Å². The van der Waals surface area contributed by atoms with E-state index in [0.717, 1.165) is 17.5 Å². The number of nitrogens with zero attached hydrogens (tertiary/aromatic N) is 2. The largest absolute Gasteiger partial charge is 0.388 e. The number of guanidine groups is 2. The molecule has 1 heterocycles. The van der Waals surface area contributed by atoms with Gasteiger partial charge in [-0.25, -0.2) is 9.97 Å². The van der Waals surface area contributed by atoms with Crippen LogP contribution in [0.3, 0.4) is 0 Å². The first-order valence-electron chi connectivity index (χ1n) is 22.4. The number of hydrogen-bond donors (Lipinski definition) is 14. The molecule has 370 valence electrons. The van der Waals surface area contributed by atoms with E-state index >= 15 is 0 Å². The Morgan fingerprint density at radius 1 is 0.515 bits per heavy atom. The number of amides is 4. The van der Waals surface area contributed by atoms with E-state index in [1.165, 1.54) is 29.6 Å². The average molecular weight is 975 g/mol. The number of carbonyl (C=O) groups excluding carboxylic acids is 4. The van der Waals surface area contributed by atoms with E-state index in [4.69, 9.17) is 44.6 Å². The predicted octanol–water partition coefficient (Wildman–Crippen LogP) is 6.38. The lowest BCUT2D eigenvalue weighted by atomic mass is 9.86. The van der Waals surface area contributed by atoms with Crippen molar-refractivity contribution in [1.29, 1.82) is 21.6 Å². The molecule has 0 saturated heterocycles. The summed E-state index contributed by atoms with van der Waals surface area (Å²) in [6, 6.07) is 8.77. The van der Waals surface area contributed by atoms with Gasteiger partial charge in [0.1, 0.15) is 17.7 Å². The summed E-state index contributed by atoms with van der Waals surface area (Å²) in [5.74, 6) is -0.859. The zero-order valence-electron chi connectivity index (χ0n) is 40.0. The molecule has 0 bridgehead atoms. The fourth-order valence-corrected chi connectivity index (χ4v) is 8.40. The summed E-state index contributed by atoms with van der Waals surface area (Å²) in [5, 5.41) is 47.6. The zero-order chi connectivity index (χ0) is 50.6. The van der Waals surface area contributed by atoms with E-state index in [0.29, 0.717) is 109 Å². The lowest BCUT2D eigenvalue weighted by Gasteiger charge is -2.24. The number of amidine groups is 2. The molecule has 0 radical (unpaired) electrons. The molecular formula is C46H70N16O4S2. The zero-order valence-corrected chi connectivity index (χ0v) is 41.6. The second kappa shape index (κ2) is 26.8. The van der Waals surface area contributed by atoms with Crippen LogP contribution in [0.1, 0.15) is 138 Å². The molecule has 4 amide bonds.